The average molecular weight is 216 g/mol. The third kappa shape index (κ3) is 3.77. The molecule has 0 aliphatic heterocycles. The van der Waals surface area contributed by atoms with Crippen molar-refractivity contribution in [3.63, 3.8) is 0 Å². The fourth-order valence-corrected chi connectivity index (χ4v) is 0.724. The van der Waals surface area contributed by atoms with E-state index in [1.165, 1.54) is 11.9 Å². The van der Waals surface area contributed by atoms with Crippen LogP contribution in [-0.4, -0.2) is 35.1 Å². The van der Waals surface area contributed by atoms with Gasteiger partial charge >= 0.3 is 6.09 Å². The van der Waals surface area contributed by atoms with Gasteiger partial charge in [0.2, 0.25) is 5.91 Å². The van der Waals surface area contributed by atoms with Crippen molar-refractivity contribution in [1.82, 2.24) is 4.90 Å². The van der Waals surface area contributed by atoms with E-state index in [4.69, 9.17) is 10.5 Å². The molecule has 2 N–H and O–H groups in total. The van der Waals surface area contributed by atoms with Gasteiger partial charge in [-0.15, -0.1) is 0 Å². The van der Waals surface area contributed by atoms with Crippen LogP contribution in [0.2, 0.25) is 0 Å². The maximum absolute atomic E-state index is 11.6. The van der Waals surface area contributed by atoms with Crippen LogP contribution >= 0.6 is 0 Å². The van der Waals surface area contributed by atoms with E-state index in [1.54, 1.807) is 34.6 Å². The molecule has 0 aromatic heterocycles. The highest BCUT2D eigenvalue weighted by molar-refractivity contribution is 5.87. The molecule has 0 aliphatic rings. The second kappa shape index (κ2) is 4.08. The van der Waals surface area contributed by atoms with Gasteiger partial charge in [0.05, 0.1) is 0 Å². The third-order valence-corrected chi connectivity index (χ3v) is 2.11. The number of nitrogens with two attached hydrogens (primary N) is 1. The second-order valence-corrected chi connectivity index (χ2v) is 4.96. The fourth-order valence-electron chi connectivity index (χ4n) is 0.724. The Morgan fingerprint density at radius 1 is 1.13 bits per heavy atom. The molecule has 0 aromatic carbocycles. The van der Waals surface area contributed by atoms with Crippen molar-refractivity contribution < 1.29 is 14.3 Å². The van der Waals surface area contributed by atoms with E-state index in [1.807, 2.05) is 0 Å². The molecule has 0 rings (SSSR count). The first kappa shape index (κ1) is 13.7. The molecule has 88 valence electrons. The Bertz CT molecular complexity index is 266. The zero-order chi connectivity index (χ0) is 12.4. The maximum atomic E-state index is 11.6. The SMILES string of the molecule is CN(C(=O)OC(C)(C)C)C(C)(C)C(N)=O. The largest absolute Gasteiger partial charge is 0.444 e. The van der Waals surface area contributed by atoms with Gasteiger partial charge in [0, 0.05) is 7.05 Å². The normalized spacial score (nSPS) is 12.1. The van der Waals surface area contributed by atoms with Crippen molar-refractivity contribution in [3.8, 4) is 0 Å². The van der Waals surface area contributed by atoms with Crippen LogP contribution < -0.4 is 5.73 Å². The van der Waals surface area contributed by atoms with Gasteiger partial charge in [0.25, 0.3) is 0 Å². The molecular formula is C10H20N2O3. The van der Waals surface area contributed by atoms with Crippen molar-refractivity contribution in [2.75, 3.05) is 7.05 Å². The summed E-state index contributed by atoms with van der Waals surface area (Å²) in [5.41, 5.74) is 3.55. The predicted octanol–water partition coefficient (Wildman–Crippen LogP) is 1.12. The van der Waals surface area contributed by atoms with Gasteiger partial charge in [-0.05, 0) is 34.6 Å². The molecule has 0 heterocycles. The van der Waals surface area contributed by atoms with Gasteiger partial charge in [-0.2, -0.15) is 0 Å². The third-order valence-electron chi connectivity index (χ3n) is 2.11. The predicted molar refractivity (Wildman–Crippen MR) is 57.3 cm³/mol. The molecule has 0 unspecified atom stereocenters. The zero-order valence-electron chi connectivity index (χ0n) is 10.2. The summed E-state index contributed by atoms with van der Waals surface area (Å²) in [5, 5.41) is 0. The number of hydrogen-bond acceptors (Lipinski definition) is 3. The number of amides is 2. The van der Waals surface area contributed by atoms with Gasteiger partial charge in [-0.3, -0.25) is 9.69 Å². The summed E-state index contributed by atoms with van der Waals surface area (Å²) in [6, 6.07) is 0. The van der Waals surface area contributed by atoms with E-state index in [2.05, 4.69) is 0 Å². The van der Waals surface area contributed by atoms with Crippen molar-refractivity contribution in [2.45, 2.75) is 45.8 Å². The molecule has 2 amide bonds. The first-order chi connectivity index (χ1) is 6.48. The first-order valence-corrected chi connectivity index (χ1v) is 4.75. The molecule has 0 aromatic rings. The maximum Gasteiger partial charge on any atom is 0.410 e. The second-order valence-electron chi connectivity index (χ2n) is 4.96. The minimum Gasteiger partial charge on any atom is -0.444 e. The molecule has 15 heavy (non-hydrogen) atoms. The molecule has 0 atom stereocenters. The minimum atomic E-state index is -1.05. The number of hydrogen-bond donors (Lipinski definition) is 1. The number of likely N-dealkylation sites (N-methyl/N-ethyl adjacent to an activating group) is 1. The van der Waals surface area contributed by atoms with E-state index in [-0.39, 0.29) is 0 Å². The van der Waals surface area contributed by atoms with E-state index in [9.17, 15) is 9.59 Å². The topological polar surface area (TPSA) is 72.6 Å². The molecule has 0 saturated carbocycles. The molecule has 0 radical (unpaired) electrons. The van der Waals surface area contributed by atoms with Gasteiger partial charge in [0.1, 0.15) is 11.1 Å². The lowest BCUT2D eigenvalue weighted by molar-refractivity contribution is -0.127. The van der Waals surface area contributed by atoms with Crippen LogP contribution in [0.25, 0.3) is 0 Å². The van der Waals surface area contributed by atoms with Crippen molar-refractivity contribution >= 4 is 12.0 Å². The van der Waals surface area contributed by atoms with Crippen LogP contribution in [0.3, 0.4) is 0 Å². The van der Waals surface area contributed by atoms with Crippen LogP contribution in [0.15, 0.2) is 0 Å². The highest BCUT2D eigenvalue weighted by atomic mass is 16.6. The Labute approximate surface area is 90.6 Å². The summed E-state index contributed by atoms with van der Waals surface area (Å²) in [5.74, 6) is -0.573. The van der Waals surface area contributed by atoms with Gasteiger partial charge in [-0.25, -0.2) is 4.79 Å². The Morgan fingerprint density at radius 2 is 1.53 bits per heavy atom. The zero-order valence-corrected chi connectivity index (χ0v) is 10.2. The summed E-state index contributed by atoms with van der Waals surface area (Å²) in [6.07, 6.45) is -0.564. The Hall–Kier alpha value is -1.26. The number of carbonyl (C=O) groups is 2. The Morgan fingerprint density at radius 3 is 1.80 bits per heavy atom. The van der Waals surface area contributed by atoms with Crippen molar-refractivity contribution in [3.05, 3.63) is 0 Å². The first-order valence-electron chi connectivity index (χ1n) is 4.75. The smallest absolute Gasteiger partial charge is 0.410 e. The van der Waals surface area contributed by atoms with E-state index in [0.717, 1.165) is 0 Å². The van der Waals surface area contributed by atoms with E-state index < -0.39 is 23.1 Å². The van der Waals surface area contributed by atoms with Crippen LogP contribution in [0.4, 0.5) is 4.79 Å². The quantitative estimate of drug-likeness (QED) is 0.751. The lowest BCUT2D eigenvalue weighted by Crippen LogP contribution is -2.54. The lowest BCUT2D eigenvalue weighted by atomic mass is 10.0. The Kier molecular flexibility index (Phi) is 3.74. The van der Waals surface area contributed by atoms with Crippen LogP contribution in [0.1, 0.15) is 34.6 Å². The minimum absolute atomic E-state index is 0.564. The number of ether oxygens (including phenoxy) is 1. The van der Waals surface area contributed by atoms with Crippen molar-refractivity contribution in [1.29, 1.82) is 0 Å². The highest BCUT2D eigenvalue weighted by Crippen LogP contribution is 2.16. The van der Waals surface area contributed by atoms with Gasteiger partial charge < -0.3 is 10.5 Å². The monoisotopic (exact) mass is 216 g/mol. The standard InChI is InChI=1S/C10H20N2O3/c1-9(2,3)15-8(14)12(6)10(4,5)7(11)13/h1-6H3,(H2,11,13). The number of primary amides is 1. The number of carbonyl (C=O) groups excluding carboxylic acids is 2. The molecule has 0 aliphatic carbocycles. The molecule has 0 fully saturated rings. The summed E-state index contributed by atoms with van der Waals surface area (Å²) >= 11 is 0. The molecule has 0 spiro atoms. The summed E-state index contributed by atoms with van der Waals surface area (Å²) in [6.45, 7) is 8.42. The lowest BCUT2D eigenvalue weighted by Gasteiger charge is -2.34. The van der Waals surface area contributed by atoms with Gasteiger partial charge in [0.15, 0.2) is 0 Å². The Balaban J connectivity index is 4.66. The number of rotatable bonds is 2. The van der Waals surface area contributed by atoms with E-state index in [0.29, 0.717) is 0 Å². The average Bonchev–Trinajstić information content (AvgIpc) is 1.99. The van der Waals surface area contributed by atoms with Gasteiger partial charge in [-0.1, -0.05) is 0 Å². The summed E-state index contributed by atoms with van der Waals surface area (Å²) < 4.78 is 5.12. The number of nitrogens with zero attached hydrogens (tertiary/aromatic N) is 1. The summed E-state index contributed by atoms with van der Waals surface area (Å²) in [7, 11) is 1.48. The molecule has 5 nitrogen and oxygen atoms in total. The van der Waals surface area contributed by atoms with E-state index >= 15 is 0 Å². The summed E-state index contributed by atoms with van der Waals surface area (Å²) in [4.78, 5) is 23.9. The van der Waals surface area contributed by atoms with Crippen molar-refractivity contribution in [2.24, 2.45) is 5.73 Å². The molecular weight excluding hydrogens is 196 g/mol. The van der Waals surface area contributed by atoms with Crippen LogP contribution in [0, 0.1) is 0 Å². The van der Waals surface area contributed by atoms with Crippen LogP contribution in [0.5, 0.6) is 0 Å². The molecule has 0 bridgehead atoms. The molecule has 0 saturated heterocycles. The van der Waals surface area contributed by atoms with Crippen LogP contribution in [-0.2, 0) is 9.53 Å². The molecule has 5 heteroatoms. The fraction of sp³-hybridized carbons (Fsp3) is 0.800. The highest BCUT2D eigenvalue weighted by Gasteiger charge is 2.35.